The largest absolute Gasteiger partial charge is 0.400 e. The van der Waals surface area contributed by atoms with Crippen LogP contribution in [-0.4, -0.2) is 36.2 Å². The van der Waals surface area contributed by atoms with Gasteiger partial charge >= 0.3 is 7.12 Å². The predicted molar refractivity (Wildman–Crippen MR) is 136 cm³/mol. The van der Waals surface area contributed by atoms with Gasteiger partial charge in [0.1, 0.15) is 0 Å². The molecule has 3 heterocycles. The molecule has 0 amide bonds. The third-order valence-electron chi connectivity index (χ3n) is 5.45. The van der Waals surface area contributed by atoms with Crippen molar-refractivity contribution in [1.82, 2.24) is 29.1 Å². The Kier molecular flexibility index (Phi) is 12.6. The van der Waals surface area contributed by atoms with Gasteiger partial charge in [0.2, 0.25) is 0 Å². The molecule has 0 fully saturated rings. The van der Waals surface area contributed by atoms with Crippen LogP contribution in [0.5, 0.6) is 0 Å². The molecular weight excluding hydrogens is 601 g/mol. The van der Waals surface area contributed by atoms with Crippen molar-refractivity contribution in [3.63, 3.8) is 0 Å². The molecule has 0 saturated heterocycles. The van der Waals surface area contributed by atoms with Crippen LogP contribution in [0.2, 0.25) is 0 Å². The van der Waals surface area contributed by atoms with Gasteiger partial charge in [-0.25, -0.2) is 15.3 Å². The minimum atomic E-state index is -1.26. The van der Waals surface area contributed by atoms with E-state index in [1.807, 2.05) is 20.8 Å². The molecule has 1 aliphatic rings. The van der Waals surface area contributed by atoms with E-state index >= 15 is 0 Å². The molecule has 0 saturated carbocycles. The first-order valence-electron chi connectivity index (χ1n) is 11.6. The summed E-state index contributed by atoms with van der Waals surface area (Å²) in [6, 6.07) is 8.03. The van der Waals surface area contributed by atoms with Gasteiger partial charge in [0.25, 0.3) is 0 Å². The van der Waals surface area contributed by atoms with Crippen LogP contribution >= 0.6 is 0 Å². The summed E-state index contributed by atoms with van der Waals surface area (Å²) in [6.07, 6.45) is 14.0. The zero-order chi connectivity index (χ0) is 24.4. The van der Waals surface area contributed by atoms with E-state index in [-0.39, 0.29) is 20.1 Å². The summed E-state index contributed by atoms with van der Waals surface area (Å²) in [5.41, 5.74) is 6.40. The quantitative estimate of drug-likeness (QED) is 0.300. The molecule has 7 nitrogen and oxygen atoms in total. The molecule has 0 bridgehead atoms. The van der Waals surface area contributed by atoms with E-state index in [9.17, 15) is 0 Å². The SMILES string of the molecule is C1=C\CC/C=C\CC/1.CC#N.Cc1cc(C)n([BH-](n2nc(C)cc2C)n2nc(C)cc2C)n1.[Ir]. The van der Waals surface area contributed by atoms with Crippen LogP contribution in [0.15, 0.2) is 42.5 Å². The fourth-order valence-corrected chi connectivity index (χ4v) is 4.12. The molecule has 0 aromatic carbocycles. The van der Waals surface area contributed by atoms with Gasteiger partial charge in [0, 0.05) is 27.0 Å². The second-order valence-electron chi connectivity index (χ2n) is 8.53. The Hall–Kier alpha value is -2.69. The van der Waals surface area contributed by atoms with Gasteiger partial charge < -0.3 is 13.8 Å². The van der Waals surface area contributed by atoms with Crippen LogP contribution in [-0.2, 0) is 20.1 Å². The summed E-state index contributed by atoms with van der Waals surface area (Å²) in [5, 5.41) is 21.4. The van der Waals surface area contributed by atoms with Gasteiger partial charge in [-0.05, 0) is 103 Å². The van der Waals surface area contributed by atoms with Crippen molar-refractivity contribution in [2.24, 2.45) is 0 Å². The summed E-state index contributed by atoms with van der Waals surface area (Å²) in [6.45, 7) is 13.7. The van der Waals surface area contributed by atoms with E-state index in [1.54, 1.807) is 6.07 Å². The minimum Gasteiger partial charge on any atom is -0.400 e. The smallest absolute Gasteiger partial charge is 0.326 e. The summed E-state index contributed by atoms with van der Waals surface area (Å²) in [5.74, 6) is 0. The van der Waals surface area contributed by atoms with Crippen molar-refractivity contribution in [2.45, 2.75) is 74.1 Å². The second-order valence-corrected chi connectivity index (χ2v) is 8.53. The molecule has 3 aromatic heterocycles. The monoisotopic (exact) mass is 639 g/mol. The summed E-state index contributed by atoms with van der Waals surface area (Å²) < 4.78 is 6.19. The minimum absolute atomic E-state index is 0. The maximum Gasteiger partial charge on any atom is 0.326 e. The molecule has 4 rings (SSSR count). The maximum absolute atomic E-state index is 7.32. The van der Waals surface area contributed by atoms with E-state index in [0.717, 1.165) is 34.2 Å². The topological polar surface area (TPSA) is 77.2 Å². The summed E-state index contributed by atoms with van der Waals surface area (Å²) in [4.78, 5) is 0. The Labute approximate surface area is 218 Å². The van der Waals surface area contributed by atoms with Gasteiger partial charge in [-0.1, -0.05) is 24.3 Å². The van der Waals surface area contributed by atoms with Crippen LogP contribution in [0.1, 0.15) is 66.8 Å². The Bertz CT molecular complexity index is 995. The fraction of sp³-hybridized carbons (Fsp3) is 0.440. The number of nitriles is 1. The van der Waals surface area contributed by atoms with Crippen LogP contribution in [0, 0.1) is 52.9 Å². The number of allylic oxidation sites excluding steroid dienone is 4. The zero-order valence-electron chi connectivity index (χ0n) is 21.5. The molecule has 0 spiro atoms. The molecule has 1 radical (unpaired) electrons. The van der Waals surface area contributed by atoms with Crippen LogP contribution in [0.25, 0.3) is 0 Å². The Balaban J connectivity index is 0.000000403. The Morgan fingerprint density at radius 1 is 0.647 bits per heavy atom. The van der Waals surface area contributed by atoms with Crippen molar-refractivity contribution in [1.29, 1.82) is 5.26 Å². The first-order chi connectivity index (χ1) is 15.8. The molecule has 0 aliphatic heterocycles. The van der Waals surface area contributed by atoms with Crippen molar-refractivity contribution >= 4 is 7.12 Å². The molecule has 185 valence electrons. The molecular formula is C25H37BIrN7-. The number of hydrogen-bond donors (Lipinski definition) is 0. The second kappa shape index (κ2) is 14.5. The summed E-state index contributed by atoms with van der Waals surface area (Å²) in [7, 11) is -1.26. The number of aryl methyl sites for hydroxylation is 6. The standard InChI is InChI=1S/C15H22BN6.C8H12.C2H3N.Ir/c1-10-7-13(4)20(17-10)16(21-14(5)8-11(2)18-21)22-15(6)9-12(3)19-22;1-2-4-6-8-7-5-3-1;1-2-3;/h7-9,16H,1-6H3;1-2,7-8H,3-6H2;1H3;/q-1;;;/b;2-1-,8-7-;;. The number of aromatic nitrogens is 6. The van der Waals surface area contributed by atoms with Gasteiger partial charge in [-0.3, -0.25) is 0 Å². The van der Waals surface area contributed by atoms with E-state index in [2.05, 4.69) is 77.1 Å². The van der Waals surface area contributed by atoms with Crippen molar-refractivity contribution in [3.05, 3.63) is 76.7 Å². The van der Waals surface area contributed by atoms with Crippen LogP contribution < -0.4 is 0 Å². The van der Waals surface area contributed by atoms with Gasteiger partial charge in [-0.15, -0.1) is 0 Å². The van der Waals surface area contributed by atoms with Gasteiger partial charge in [0.05, 0.1) is 23.2 Å². The Morgan fingerprint density at radius 3 is 1.06 bits per heavy atom. The molecule has 0 N–H and O–H groups in total. The van der Waals surface area contributed by atoms with Crippen molar-refractivity contribution < 1.29 is 20.1 Å². The van der Waals surface area contributed by atoms with E-state index in [4.69, 9.17) is 20.6 Å². The number of hydrogen-bond acceptors (Lipinski definition) is 4. The number of rotatable bonds is 3. The molecule has 0 unspecified atom stereocenters. The van der Waals surface area contributed by atoms with E-state index < -0.39 is 7.12 Å². The molecule has 34 heavy (non-hydrogen) atoms. The van der Waals surface area contributed by atoms with Crippen LogP contribution in [0.4, 0.5) is 0 Å². The van der Waals surface area contributed by atoms with Gasteiger partial charge in [0.15, 0.2) is 0 Å². The van der Waals surface area contributed by atoms with E-state index in [1.165, 1.54) is 32.6 Å². The van der Waals surface area contributed by atoms with E-state index in [0.29, 0.717) is 0 Å². The fourth-order valence-electron chi connectivity index (χ4n) is 4.12. The Morgan fingerprint density at radius 2 is 0.882 bits per heavy atom. The number of nitrogens with zero attached hydrogens (tertiary/aromatic N) is 7. The molecule has 0 atom stereocenters. The van der Waals surface area contributed by atoms with Crippen molar-refractivity contribution in [3.8, 4) is 6.07 Å². The molecule has 1 aliphatic carbocycles. The zero-order valence-corrected chi connectivity index (χ0v) is 23.9. The van der Waals surface area contributed by atoms with Crippen LogP contribution in [0.3, 0.4) is 0 Å². The molecule has 3 aromatic rings. The third-order valence-corrected chi connectivity index (χ3v) is 5.45. The van der Waals surface area contributed by atoms with Crippen molar-refractivity contribution in [2.75, 3.05) is 0 Å². The third kappa shape index (κ3) is 8.27. The summed E-state index contributed by atoms with van der Waals surface area (Å²) >= 11 is 0. The predicted octanol–water partition coefficient (Wildman–Crippen LogP) is 4.99. The molecule has 9 heteroatoms. The maximum atomic E-state index is 7.32. The average Bonchev–Trinajstić information content (AvgIpc) is 3.33. The average molecular weight is 639 g/mol. The first kappa shape index (κ1) is 29.3. The first-order valence-corrected chi connectivity index (χ1v) is 11.6. The normalized spacial score (nSPS) is 14.3. The van der Waals surface area contributed by atoms with Gasteiger partial charge in [-0.2, -0.15) is 5.26 Å².